The molecule has 1 aliphatic rings. The first-order valence-electron chi connectivity index (χ1n) is 7.37. The standard InChI is InChI=1S/C18H18N2O2/c1-22-15-11-9-14(10-12-15)18(21)20-19-17-8-4-6-13-5-2-3-7-16(13)17/h2-3,5,7,9-12H,4,6,8H2,1H3,(H,20,21)/b19-17+. The third-order valence-corrected chi connectivity index (χ3v) is 3.83. The summed E-state index contributed by atoms with van der Waals surface area (Å²) in [5.41, 5.74) is 6.61. The van der Waals surface area contributed by atoms with Gasteiger partial charge in [-0.25, -0.2) is 5.43 Å². The van der Waals surface area contributed by atoms with Crippen molar-refractivity contribution in [2.24, 2.45) is 5.10 Å². The van der Waals surface area contributed by atoms with Crippen LogP contribution in [0.1, 0.15) is 34.3 Å². The Bertz CT molecular complexity index is 705. The van der Waals surface area contributed by atoms with Crippen LogP contribution in [-0.2, 0) is 6.42 Å². The van der Waals surface area contributed by atoms with Crippen LogP contribution < -0.4 is 10.2 Å². The number of fused-ring (bicyclic) bond motifs is 1. The summed E-state index contributed by atoms with van der Waals surface area (Å²) < 4.78 is 5.08. The average molecular weight is 294 g/mol. The SMILES string of the molecule is COc1ccc(C(=O)N/N=C2\CCCc3ccccc32)cc1. The first kappa shape index (κ1) is 14.3. The van der Waals surface area contributed by atoms with Gasteiger partial charge < -0.3 is 4.74 Å². The van der Waals surface area contributed by atoms with Crippen molar-refractivity contribution in [1.82, 2.24) is 5.43 Å². The predicted octanol–water partition coefficient (Wildman–Crippen LogP) is 3.17. The molecule has 0 fully saturated rings. The molecule has 0 spiro atoms. The summed E-state index contributed by atoms with van der Waals surface area (Å²) in [7, 11) is 1.60. The number of rotatable bonds is 3. The van der Waals surface area contributed by atoms with E-state index in [2.05, 4.69) is 22.7 Å². The van der Waals surface area contributed by atoms with Crippen LogP contribution in [0.2, 0.25) is 0 Å². The summed E-state index contributed by atoms with van der Waals surface area (Å²) in [5.74, 6) is 0.516. The van der Waals surface area contributed by atoms with Gasteiger partial charge in [-0.2, -0.15) is 5.10 Å². The Hall–Kier alpha value is -2.62. The number of carbonyl (C=O) groups excluding carboxylic acids is 1. The highest BCUT2D eigenvalue weighted by Crippen LogP contribution is 2.21. The molecule has 1 amide bonds. The molecule has 4 heteroatoms. The Balaban J connectivity index is 1.75. The zero-order valence-corrected chi connectivity index (χ0v) is 12.5. The maximum absolute atomic E-state index is 12.1. The predicted molar refractivity (Wildman–Crippen MR) is 86.4 cm³/mol. The lowest BCUT2D eigenvalue weighted by Crippen LogP contribution is -2.22. The number of benzene rings is 2. The number of amides is 1. The highest BCUT2D eigenvalue weighted by molar-refractivity contribution is 6.04. The minimum atomic E-state index is -0.210. The van der Waals surface area contributed by atoms with Crippen LogP contribution in [0.15, 0.2) is 53.6 Å². The smallest absolute Gasteiger partial charge is 0.271 e. The third-order valence-electron chi connectivity index (χ3n) is 3.83. The van der Waals surface area contributed by atoms with E-state index >= 15 is 0 Å². The third kappa shape index (κ3) is 3.01. The van der Waals surface area contributed by atoms with Crippen LogP contribution in [0, 0.1) is 0 Å². The number of hydrazone groups is 1. The Kier molecular flexibility index (Phi) is 4.19. The molecule has 1 aliphatic carbocycles. The van der Waals surface area contributed by atoms with E-state index in [-0.39, 0.29) is 5.91 Å². The number of ether oxygens (including phenoxy) is 1. The van der Waals surface area contributed by atoms with Gasteiger partial charge in [0.25, 0.3) is 5.91 Å². The number of nitrogens with one attached hydrogen (secondary N) is 1. The highest BCUT2D eigenvalue weighted by Gasteiger charge is 2.15. The lowest BCUT2D eigenvalue weighted by atomic mass is 9.90. The lowest BCUT2D eigenvalue weighted by Gasteiger charge is -2.17. The van der Waals surface area contributed by atoms with Gasteiger partial charge in [-0.1, -0.05) is 24.3 Å². The maximum Gasteiger partial charge on any atom is 0.271 e. The fraction of sp³-hybridized carbons (Fsp3) is 0.222. The molecule has 0 atom stereocenters. The van der Waals surface area contributed by atoms with E-state index in [9.17, 15) is 4.79 Å². The van der Waals surface area contributed by atoms with E-state index in [1.807, 2.05) is 12.1 Å². The number of nitrogens with zero attached hydrogens (tertiary/aromatic N) is 1. The molecule has 3 rings (SSSR count). The number of methoxy groups -OCH3 is 1. The fourth-order valence-corrected chi connectivity index (χ4v) is 2.64. The largest absolute Gasteiger partial charge is 0.497 e. The zero-order valence-electron chi connectivity index (χ0n) is 12.5. The van der Waals surface area contributed by atoms with Gasteiger partial charge in [0.1, 0.15) is 5.75 Å². The molecule has 0 aliphatic heterocycles. The summed E-state index contributed by atoms with van der Waals surface area (Å²) in [6, 6.07) is 15.2. The van der Waals surface area contributed by atoms with Crippen molar-refractivity contribution in [3.63, 3.8) is 0 Å². The van der Waals surface area contributed by atoms with Gasteiger partial charge in [0.2, 0.25) is 0 Å². The molecule has 0 radical (unpaired) electrons. The molecular weight excluding hydrogens is 276 g/mol. The molecule has 2 aromatic carbocycles. The second kappa shape index (κ2) is 6.43. The highest BCUT2D eigenvalue weighted by atomic mass is 16.5. The van der Waals surface area contributed by atoms with E-state index in [1.54, 1.807) is 31.4 Å². The average Bonchev–Trinajstić information content (AvgIpc) is 2.59. The molecule has 112 valence electrons. The van der Waals surface area contributed by atoms with Crippen molar-refractivity contribution in [2.45, 2.75) is 19.3 Å². The van der Waals surface area contributed by atoms with E-state index in [0.29, 0.717) is 5.56 Å². The van der Waals surface area contributed by atoms with Gasteiger partial charge in [0.05, 0.1) is 12.8 Å². The minimum absolute atomic E-state index is 0.210. The van der Waals surface area contributed by atoms with E-state index in [1.165, 1.54) is 5.56 Å². The van der Waals surface area contributed by atoms with E-state index in [4.69, 9.17) is 4.74 Å². The van der Waals surface area contributed by atoms with Gasteiger partial charge in [-0.3, -0.25) is 4.79 Å². The number of hydrogen-bond donors (Lipinski definition) is 1. The van der Waals surface area contributed by atoms with Crippen molar-refractivity contribution < 1.29 is 9.53 Å². The van der Waals surface area contributed by atoms with Crippen LogP contribution >= 0.6 is 0 Å². The molecule has 0 saturated carbocycles. The topological polar surface area (TPSA) is 50.7 Å². The van der Waals surface area contributed by atoms with Gasteiger partial charge in [-0.05, 0) is 49.1 Å². The summed E-state index contributed by atoms with van der Waals surface area (Å²) >= 11 is 0. The van der Waals surface area contributed by atoms with E-state index in [0.717, 1.165) is 36.3 Å². The van der Waals surface area contributed by atoms with Gasteiger partial charge >= 0.3 is 0 Å². The number of carbonyl (C=O) groups is 1. The lowest BCUT2D eigenvalue weighted by molar-refractivity contribution is 0.0954. The summed E-state index contributed by atoms with van der Waals surface area (Å²) in [4.78, 5) is 12.1. The Morgan fingerprint density at radius 2 is 1.86 bits per heavy atom. The van der Waals surface area contributed by atoms with E-state index < -0.39 is 0 Å². The minimum Gasteiger partial charge on any atom is -0.497 e. The zero-order chi connectivity index (χ0) is 15.4. The number of aryl methyl sites for hydroxylation is 1. The van der Waals surface area contributed by atoms with Crippen molar-refractivity contribution >= 4 is 11.6 Å². The summed E-state index contributed by atoms with van der Waals surface area (Å²) in [6.45, 7) is 0. The molecule has 0 unspecified atom stereocenters. The first-order valence-corrected chi connectivity index (χ1v) is 7.37. The molecule has 0 aromatic heterocycles. The molecule has 0 bridgehead atoms. The van der Waals surface area contributed by atoms with Gasteiger partial charge in [-0.15, -0.1) is 0 Å². The second-order valence-corrected chi connectivity index (χ2v) is 5.24. The fourth-order valence-electron chi connectivity index (χ4n) is 2.64. The summed E-state index contributed by atoms with van der Waals surface area (Å²) in [6.07, 6.45) is 3.02. The van der Waals surface area contributed by atoms with Gasteiger partial charge in [0.15, 0.2) is 0 Å². The number of hydrogen-bond acceptors (Lipinski definition) is 3. The monoisotopic (exact) mass is 294 g/mol. The van der Waals surface area contributed by atoms with Gasteiger partial charge in [0, 0.05) is 11.1 Å². The molecule has 1 N–H and O–H groups in total. The molecule has 0 saturated heterocycles. The molecule has 0 heterocycles. The van der Waals surface area contributed by atoms with Crippen molar-refractivity contribution in [3.8, 4) is 5.75 Å². The normalized spacial score (nSPS) is 15.2. The quantitative estimate of drug-likeness (QED) is 0.884. The Morgan fingerprint density at radius 3 is 2.64 bits per heavy atom. The van der Waals surface area contributed by atoms with Crippen molar-refractivity contribution in [2.75, 3.05) is 7.11 Å². The van der Waals surface area contributed by atoms with Crippen LogP contribution in [-0.4, -0.2) is 18.7 Å². The Labute approximate surface area is 129 Å². The van der Waals surface area contributed by atoms with Crippen LogP contribution in [0.4, 0.5) is 0 Å². The molecule has 22 heavy (non-hydrogen) atoms. The molecule has 4 nitrogen and oxygen atoms in total. The first-order chi connectivity index (χ1) is 10.8. The van der Waals surface area contributed by atoms with Crippen LogP contribution in [0.25, 0.3) is 0 Å². The van der Waals surface area contributed by atoms with Crippen molar-refractivity contribution in [1.29, 1.82) is 0 Å². The van der Waals surface area contributed by atoms with Crippen LogP contribution in [0.5, 0.6) is 5.75 Å². The van der Waals surface area contributed by atoms with Crippen molar-refractivity contribution in [3.05, 3.63) is 65.2 Å². The summed E-state index contributed by atoms with van der Waals surface area (Å²) in [5, 5.41) is 4.33. The molecular formula is C18H18N2O2. The molecule has 2 aromatic rings. The van der Waals surface area contributed by atoms with Crippen LogP contribution in [0.3, 0.4) is 0 Å². The Morgan fingerprint density at radius 1 is 1.09 bits per heavy atom. The second-order valence-electron chi connectivity index (χ2n) is 5.24. The maximum atomic E-state index is 12.1.